The third-order valence-corrected chi connectivity index (χ3v) is 3.74. The molecule has 10 heavy (non-hydrogen) atoms. The second kappa shape index (κ2) is 3.14. The molecule has 0 saturated heterocycles. The van der Waals surface area contributed by atoms with Crippen LogP contribution in [-0.4, -0.2) is 36.0 Å². The minimum absolute atomic E-state index is 0.658. The summed E-state index contributed by atoms with van der Waals surface area (Å²) in [7, 11) is 2.20. The van der Waals surface area contributed by atoms with Crippen molar-refractivity contribution in [3.05, 3.63) is 0 Å². The van der Waals surface area contributed by atoms with Crippen LogP contribution < -0.4 is 0 Å². The van der Waals surface area contributed by atoms with Gasteiger partial charge in [0.25, 0.3) is 0 Å². The van der Waals surface area contributed by atoms with Gasteiger partial charge in [0.15, 0.2) is 0 Å². The zero-order chi connectivity index (χ0) is 7.61. The van der Waals surface area contributed by atoms with E-state index in [-0.39, 0.29) is 0 Å². The Balaban J connectivity index is 2.23. The molecule has 1 aliphatic rings. The highest BCUT2D eigenvalue weighted by atomic mass is 32.2. The smallest absolute Gasteiger partial charge is 0.0285 e. The van der Waals surface area contributed by atoms with Crippen LogP contribution in [0.15, 0.2) is 0 Å². The molecule has 0 spiro atoms. The standard InChI is InChI=1S/C8H17NS/c1-4-9(2)7-8(10-3)5-6-8/h4-7H2,1-3H3. The molecule has 0 aromatic heterocycles. The van der Waals surface area contributed by atoms with Crippen molar-refractivity contribution in [1.29, 1.82) is 0 Å². The lowest BCUT2D eigenvalue weighted by molar-refractivity contribution is 0.348. The first-order chi connectivity index (χ1) is 4.72. The van der Waals surface area contributed by atoms with Gasteiger partial charge in [0.05, 0.1) is 0 Å². The van der Waals surface area contributed by atoms with Gasteiger partial charge in [0, 0.05) is 11.3 Å². The molecule has 1 nitrogen and oxygen atoms in total. The van der Waals surface area contributed by atoms with Gasteiger partial charge in [-0.3, -0.25) is 0 Å². The molecule has 0 unspecified atom stereocenters. The van der Waals surface area contributed by atoms with E-state index in [1.54, 1.807) is 0 Å². The Hall–Kier alpha value is 0.310. The monoisotopic (exact) mass is 159 g/mol. The summed E-state index contributed by atoms with van der Waals surface area (Å²) in [6.45, 7) is 4.68. The lowest BCUT2D eigenvalue weighted by Crippen LogP contribution is -2.28. The second-order valence-electron chi connectivity index (χ2n) is 3.22. The van der Waals surface area contributed by atoms with Crippen molar-refractivity contribution in [2.24, 2.45) is 0 Å². The van der Waals surface area contributed by atoms with Gasteiger partial charge >= 0.3 is 0 Å². The van der Waals surface area contributed by atoms with Gasteiger partial charge in [-0.25, -0.2) is 0 Å². The summed E-state index contributed by atoms with van der Waals surface area (Å²) in [5, 5.41) is 0. The molecule has 0 aromatic rings. The Morgan fingerprint density at radius 3 is 2.40 bits per heavy atom. The molecule has 1 fully saturated rings. The highest BCUT2D eigenvalue weighted by Gasteiger charge is 2.42. The van der Waals surface area contributed by atoms with E-state index in [0.29, 0.717) is 4.75 Å². The van der Waals surface area contributed by atoms with Crippen LogP contribution in [0.1, 0.15) is 19.8 Å². The van der Waals surface area contributed by atoms with Gasteiger partial charge in [-0.15, -0.1) is 0 Å². The summed E-state index contributed by atoms with van der Waals surface area (Å²) in [6, 6.07) is 0. The topological polar surface area (TPSA) is 3.24 Å². The van der Waals surface area contributed by atoms with Crippen LogP contribution in [0.4, 0.5) is 0 Å². The first kappa shape index (κ1) is 8.41. The van der Waals surface area contributed by atoms with Gasteiger partial charge in [-0.05, 0) is 32.7 Å². The number of hydrogen-bond acceptors (Lipinski definition) is 2. The first-order valence-corrected chi connectivity index (χ1v) is 5.18. The fourth-order valence-electron chi connectivity index (χ4n) is 1.17. The molecule has 0 aromatic carbocycles. The molecule has 0 aliphatic heterocycles. The van der Waals surface area contributed by atoms with Gasteiger partial charge < -0.3 is 4.90 Å². The van der Waals surface area contributed by atoms with Crippen molar-refractivity contribution < 1.29 is 0 Å². The van der Waals surface area contributed by atoms with E-state index < -0.39 is 0 Å². The third-order valence-electron chi connectivity index (χ3n) is 2.34. The predicted octanol–water partition coefficient (Wildman–Crippen LogP) is 1.83. The van der Waals surface area contributed by atoms with Gasteiger partial charge in [0.1, 0.15) is 0 Å². The Bertz CT molecular complexity index is 110. The number of rotatable bonds is 4. The van der Waals surface area contributed by atoms with Crippen LogP contribution in [0.5, 0.6) is 0 Å². The van der Waals surface area contributed by atoms with Crippen LogP contribution in [0.25, 0.3) is 0 Å². The van der Waals surface area contributed by atoms with Crippen LogP contribution in [0, 0.1) is 0 Å². The van der Waals surface area contributed by atoms with E-state index >= 15 is 0 Å². The fourth-order valence-corrected chi connectivity index (χ4v) is 2.03. The van der Waals surface area contributed by atoms with E-state index in [9.17, 15) is 0 Å². The van der Waals surface area contributed by atoms with Crippen LogP contribution in [0.3, 0.4) is 0 Å². The molecule has 2 heteroatoms. The van der Waals surface area contributed by atoms with E-state index in [1.807, 2.05) is 11.8 Å². The Morgan fingerprint density at radius 2 is 2.10 bits per heavy atom. The quantitative estimate of drug-likeness (QED) is 0.615. The molecule has 0 radical (unpaired) electrons. The van der Waals surface area contributed by atoms with Gasteiger partial charge in [0.2, 0.25) is 0 Å². The summed E-state index contributed by atoms with van der Waals surface area (Å²) < 4.78 is 0.658. The molecule has 1 saturated carbocycles. The molecule has 0 amide bonds. The van der Waals surface area contributed by atoms with Gasteiger partial charge in [-0.1, -0.05) is 6.92 Å². The van der Waals surface area contributed by atoms with Crippen LogP contribution in [0.2, 0.25) is 0 Å². The largest absolute Gasteiger partial charge is 0.305 e. The second-order valence-corrected chi connectivity index (χ2v) is 4.49. The minimum Gasteiger partial charge on any atom is -0.305 e. The normalized spacial score (nSPS) is 21.6. The number of nitrogens with zero attached hydrogens (tertiary/aromatic N) is 1. The van der Waals surface area contributed by atoms with Crippen molar-refractivity contribution in [3.8, 4) is 0 Å². The summed E-state index contributed by atoms with van der Waals surface area (Å²) in [6.07, 6.45) is 5.09. The molecular formula is C8H17NS. The lowest BCUT2D eigenvalue weighted by atomic mass is 10.4. The molecule has 0 N–H and O–H groups in total. The van der Waals surface area contributed by atoms with Crippen molar-refractivity contribution in [3.63, 3.8) is 0 Å². The molecular weight excluding hydrogens is 142 g/mol. The van der Waals surface area contributed by atoms with Crippen LogP contribution in [-0.2, 0) is 0 Å². The fraction of sp³-hybridized carbons (Fsp3) is 1.00. The van der Waals surface area contributed by atoms with E-state index in [0.717, 1.165) is 0 Å². The average molecular weight is 159 g/mol. The third kappa shape index (κ3) is 1.89. The summed E-state index contributed by atoms with van der Waals surface area (Å²) in [5.41, 5.74) is 0. The van der Waals surface area contributed by atoms with E-state index in [4.69, 9.17) is 0 Å². The van der Waals surface area contributed by atoms with Gasteiger partial charge in [-0.2, -0.15) is 11.8 Å². The summed E-state index contributed by atoms with van der Waals surface area (Å²) >= 11 is 2.04. The van der Waals surface area contributed by atoms with Crippen molar-refractivity contribution in [1.82, 2.24) is 4.90 Å². The lowest BCUT2D eigenvalue weighted by Gasteiger charge is -2.20. The molecule has 0 atom stereocenters. The van der Waals surface area contributed by atoms with Crippen LogP contribution >= 0.6 is 11.8 Å². The maximum absolute atomic E-state index is 2.41. The van der Waals surface area contributed by atoms with Crippen molar-refractivity contribution in [2.45, 2.75) is 24.5 Å². The SMILES string of the molecule is CCN(C)CC1(SC)CC1. The maximum atomic E-state index is 2.41. The van der Waals surface area contributed by atoms with E-state index in [2.05, 4.69) is 25.1 Å². The van der Waals surface area contributed by atoms with E-state index in [1.165, 1.54) is 25.9 Å². The first-order valence-electron chi connectivity index (χ1n) is 3.96. The Kier molecular flexibility index (Phi) is 2.64. The summed E-state index contributed by atoms with van der Waals surface area (Å²) in [4.78, 5) is 2.41. The zero-order valence-corrected chi connectivity index (χ0v) is 8.00. The molecule has 0 bridgehead atoms. The number of thioether (sulfide) groups is 1. The molecule has 1 rings (SSSR count). The molecule has 60 valence electrons. The highest BCUT2D eigenvalue weighted by Crippen LogP contribution is 2.47. The average Bonchev–Trinajstić information content (AvgIpc) is 2.70. The van der Waals surface area contributed by atoms with Crippen molar-refractivity contribution in [2.75, 3.05) is 26.4 Å². The highest BCUT2D eigenvalue weighted by molar-refractivity contribution is 8.00. The maximum Gasteiger partial charge on any atom is 0.0285 e. The zero-order valence-electron chi connectivity index (χ0n) is 7.18. The van der Waals surface area contributed by atoms with Crippen molar-refractivity contribution >= 4 is 11.8 Å². The Labute approximate surface area is 68.2 Å². The molecule has 0 heterocycles. The molecule has 1 aliphatic carbocycles. The predicted molar refractivity (Wildman–Crippen MR) is 48.7 cm³/mol. The minimum atomic E-state index is 0.658. The number of hydrogen-bond donors (Lipinski definition) is 0. The Morgan fingerprint density at radius 1 is 1.50 bits per heavy atom. The summed E-state index contributed by atoms with van der Waals surface area (Å²) in [5.74, 6) is 0.